The lowest BCUT2D eigenvalue weighted by atomic mass is 9.73. The van der Waals surface area contributed by atoms with Crippen molar-refractivity contribution in [3.8, 4) is 11.3 Å². The van der Waals surface area contributed by atoms with Gasteiger partial charge in [-0.2, -0.15) is 0 Å². The van der Waals surface area contributed by atoms with Gasteiger partial charge in [0.1, 0.15) is 17.2 Å². The highest BCUT2D eigenvalue weighted by molar-refractivity contribution is 7.74. The van der Waals surface area contributed by atoms with E-state index in [0.29, 0.717) is 46.3 Å². The fraction of sp³-hybridized carbons (Fsp3) is 0.250. The topological polar surface area (TPSA) is 109 Å². The Morgan fingerprint density at radius 1 is 1.15 bits per heavy atom. The fourth-order valence-corrected chi connectivity index (χ4v) is 5.87. The smallest absolute Gasteiger partial charge is 0.455 e. The summed E-state index contributed by atoms with van der Waals surface area (Å²) >= 11 is 0. The zero-order valence-corrected chi connectivity index (χ0v) is 22.0. The van der Waals surface area contributed by atoms with Crippen LogP contribution in [-0.4, -0.2) is 40.1 Å². The minimum absolute atomic E-state index is 0.0992. The van der Waals surface area contributed by atoms with Crippen molar-refractivity contribution in [1.82, 2.24) is 5.32 Å². The van der Waals surface area contributed by atoms with Crippen LogP contribution in [0.15, 0.2) is 59.0 Å². The van der Waals surface area contributed by atoms with Gasteiger partial charge in [0.2, 0.25) is 10.9 Å². The zero-order chi connectivity index (χ0) is 27.3. The van der Waals surface area contributed by atoms with Gasteiger partial charge in [-0.3, -0.25) is 9.10 Å². The van der Waals surface area contributed by atoms with E-state index in [2.05, 4.69) is 5.32 Å². The fourth-order valence-electron chi connectivity index (χ4n) is 5.24. The van der Waals surface area contributed by atoms with E-state index in [1.807, 2.05) is 12.1 Å². The van der Waals surface area contributed by atoms with Gasteiger partial charge in [0.25, 0.3) is 5.91 Å². The monoisotopic (exact) mass is 548 g/mol. The molecule has 0 bridgehead atoms. The number of carbonyl (C=O) groups is 1. The molecule has 11 heteroatoms. The van der Waals surface area contributed by atoms with E-state index in [1.165, 1.54) is 23.5 Å². The van der Waals surface area contributed by atoms with Crippen LogP contribution < -0.4 is 15.1 Å². The van der Waals surface area contributed by atoms with Crippen molar-refractivity contribution in [3.63, 3.8) is 0 Å². The van der Waals surface area contributed by atoms with Crippen LogP contribution >= 0.6 is 0 Å². The molecule has 39 heavy (non-hydrogen) atoms. The first-order valence-corrected chi connectivity index (χ1v) is 13.9. The SMILES string of the molecule is CNC(=O)c1c(-c2ccc(F)cc2)oc2cc(N(Cc3ccc4c(c3)CCOB4O)[SH](=O)=O)c(C3CC3)cc12. The predicted molar refractivity (Wildman–Crippen MR) is 147 cm³/mol. The third-order valence-electron chi connectivity index (χ3n) is 7.34. The zero-order valence-electron chi connectivity index (χ0n) is 21.1. The largest absolute Gasteiger partial charge is 0.491 e. The van der Waals surface area contributed by atoms with Crippen LogP contribution in [0.3, 0.4) is 0 Å². The van der Waals surface area contributed by atoms with Gasteiger partial charge >= 0.3 is 7.12 Å². The molecule has 0 atom stereocenters. The summed E-state index contributed by atoms with van der Waals surface area (Å²) in [5.41, 5.74) is 4.95. The number of hydrogen-bond donors (Lipinski definition) is 3. The summed E-state index contributed by atoms with van der Waals surface area (Å²) in [6.45, 7) is 0.490. The molecule has 1 aliphatic carbocycles. The molecule has 3 aromatic carbocycles. The Balaban J connectivity index is 1.48. The van der Waals surface area contributed by atoms with Crippen LogP contribution in [0.25, 0.3) is 22.3 Å². The minimum Gasteiger partial charge on any atom is -0.455 e. The van der Waals surface area contributed by atoms with Gasteiger partial charge in [0.05, 0.1) is 17.8 Å². The summed E-state index contributed by atoms with van der Waals surface area (Å²) in [5, 5.41) is 13.3. The van der Waals surface area contributed by atoms with Crippen LogP contribution in [0.1, 0.15) is 45.8 Å². The van der Waals surface area contributed by atoms with Crippen molar-refractivity contribution in [2.24, 2.45) is 0 Å². The molecule has 2 aliphatic rings. The summed E-state index contributed by atoms with van der Waals surface area (Å²) in [4.78, 5) is 13.0. The second-order valence-corrected chi connectivity index (χ2v) is 10.8. The molecular weight excluding hydrogens is 522 g/mol. The van der Waals surface area contributed by atoms with Crippen molar-refractivity contribution in [3.05, 3.63) is 82.7 Å². The molecule has 4 aromatic rings. The Bertz CT molecular complexity index is 1660. The van der Waals surface area contributed by atoms with Crippen molar-refractivity contribution < 1.29 is 31.7 Å². The number of rotatable bonds is 7. The molecule has 1 aliphatic heterocycles. The van der Waals surface area contributed by atoms with Crippen molar-refractivity contribution in [2.75, 3.05) is 18.0 Å². The molecule has 1 fully saturated rings. The molecule has 1 aromatic heterocycles. The van der Waals surface area contributed by atoms with Gasteiger partial charge in [-0.05, 0) is 77.7 Å². The predicted octanol–water partition coefficient (Wildman–Crippen LogP) is 3.27. The molecule has 1 amide bonds. The van der Waals surface area contributed by atoms with E-state index in [4.69, 9.17) is 9.07 Å². The van der Waals surface area contributed by atoms with Crippen LogP contribution in [-0.2, 0) is 28.5 Å². The average Bonchev–Trinajstić information content (AvgIpc) is 3.71. The molecule has 2 N–H and O–H groups in total. The number of nitrogens with one attached hydrogen (secondary N) is 1. The maximum absolute atomic E-state index is 13.6. The van der Waals surface area contributed by atoms with E-state index in [9.17, 15) is 22.6 Å². The molecule has 0 unspecified atom stereocenters. The quantitative estimate of drug-likeness (QED) is 0.242. The molecular formula is C28H26BFN2O6S. The minimum atomic E-state index is -3.02. The van der Waals surface area contributed by atoms with Crippen molar-refractivity contribution >= 4 is 46.0 Å². The summed E-state index contributed by atoms with van der Waals surface area (Å²) < 4.78 is 51.6. The van der Waals surface area contributed by atoms with E-state index in [-0.39, 0.29) is 24.1 Å². The lowest BCUT2D eigenvalue weighted by Gasteiger charge is -2.23. The van der Waals surface area contributed by atoms with Gasteiger partial charge < -0.3 is 19.4 Å². The number of carbonyl (C=O) groups excluding carboxylic acids is 1. The highest BCUT2D eigenvalue weighted by atomic mass is 32.2. The normalized spacial score (nSPS) is 15.0. The number of hydrogen-bond acceptors (Lipinski definition) is 6. The third kappa shape index (κ3) is 4.82. The van der Waals surface area contributed by atoms with Gasteiger partial charge in [-0.15, -0.1) is 0 Å². The molecule has 200 valence electrons. The standard InChI is InChI=1S/C28H26BFN2O6S/c1-31-28(33)26-22-13-21(17-3-4-17)24(14-25(22)38-27(26)18-5-7-20(30)8-6-18)32(39(35)36)15-16-2-9-23-19(12-16)10-11-37-29(23)34/h2,5-9,12-14,17,34,39H,3-4,10-11,15H2,1H3,(H,31,33). The number of fused-ring (bicyclic) bond motifs is 2. The van der Waals surface area contributed by atoms with Crippen molar-refractivity contribution in [2.45, 2.75) is 31.7 Å². The molecule has 0 radical (unpaired) electrons. The molecule has 1 saturated carbocycles. The lowest BCUT2D eigenvalue weighted by molar-refractivity contribution is 0.0964. The number of nitrogens with zero attached hydrogens (tertiary/aromatic N) is 1. The molecule has 8 nitrogen and oxygen atoms in total. The number of anilines is 1. The second kappa shape index (κ2) is 10.1. The van der Waals surface area contributed by atoms with Gasteiger partial charge in [-0.25, -0.2) is 12.8 Å². The first-order valence-electron chi connectivity index (χ1n) is 12.8. The average molecular weight is 548 g/mol. The second-order valence-electron chi connectivity index (χ2n) is 9.88. The molecule has 0 spiro atoms. The molecule has 2 heterocycles. The summed E-state index contributed by atoms with van der Waals surface area (Å²) in [7, 11) is -2.48. The van der Waals surface area contributed by atoms with Crippen LogP contribution in [0.5, 0.6) is 0 Å². The number of halogens is 1. The Morgan fingerprint density at radius 2 is 1.92 bits per heavy atom. The third-order valence-corrected chi connectivity index (χ3v) is 8.09. The van der Waals surface area contributed by atoms with E-state index in [0.717, 1.165) is 29.5 Å². The lowest BCUT2D eigenvalue weighted by Crippen LogP contribution is -2.41. The highest BCUT2D eigenvalue weighted by Crippen LogP contribution is 2.48. The van der Waals surface area contributed by atoms with Gasteiger partial charge in [-0.1, -0.05) is 18.2 Å². The molecule has 0 saturated heterocycles. The van der Waals surface area contributed by atoms with Gasteiger partial charge in [0.15, 0.2) is 0 Å². The Kier molecular flexibility index (Phi) is 6.66. The van der Waals surface area contributed by atoms with Gasteiger partial charge in [0, 0.05) is 30.7 Å². The first-order chi connectivity index (χ1) is 18.8. The Morgan fingerprint density at radius 3 is 2.62 bits per heavy atom. The van der Waals surface area contributed by atoms with Crippen LogP contribution in [0.4, 0.5) is 10.1 Å². The first kappa shape index (κ1) is 25.6. The maximum atomic E-state index is 13.6. The Hall–Kier alpha value is -3.67. The summed E-state index contributed by atoms with van der Waals surface area (Å²) in [5.74, 6) is -0.306. The summed E-state index contributed by atoms with van der Waals surface area (Å²) in [6.07, 6.45) is 2.46. The number of thiol groups is 1. The number of benzene rings is 3. The van der Waals surface area contributed by atoms with E-state index in [1.54, 1.807) is 30.3 Å². The van der Waals surface area contributed by atoms with E-state index >= 15 is 0 Å². The van der Waals surface area contributed by atoms with Crippen LogP contribution in [0, 0.1) is 5.82 Å². The van der Waals surface area contributed by atoms with E-state index < -0.39 is 23.8 Å². The Labute approximate surface area is 226 Å². The van der Waals surface area contributed by atoms with Crippen molar-refractivity contribution in [1.29, 1.82) is 0 Å². The summed E-state index contributed by atoms with van der Waals surface area (Å²) in [6, 6.07) is 14.7. The number of furan rings is 1. The maximum Gasteiger partial charge on any atom is 0.491 e. The molecule has 6 rings (SSSR count). The number of amides is 1. The highest BCUT2D eigenvalue weighted by Gasteiger charge is 2.32. The van der Waals surface area contributed by atoms with Crippen LogP contribution in [0.2, 0.25) is 0 Å².